The van der Waals surface area contributed by atoms with E-state index < -0.39 is 17.6 Å². The number of thioether (sulfide) groups is 1. The molecule has 0 aromatic heterocycles. The highest BCUT2D eigenvalue weighted by molar-refractivity contribution is 8.00. The van der Waals surface area contributed by atoms with Gasteiger partial charge in [0, 0.05) is 22.0 Å². The monoisotopic (exact) mass is 430 g/mol. The van der Waals surface area contributed by atoms with E-state index in [4.69, 9.17) is 11.6 Å². The van der Waals surface area contributed by atoms with Crippen LogP contribution in [0.1, 0.15) is 25.3 Å². The first-order valence-corrected chi connectivity index (χ1v) is 9.74. The number of carbonyl (C=O) groups excluding carboxylic acids is 2. The summed E-state index contributed by atoms with van der Waals surface area (Å²) in [5.41, 5.74) is -0.690. The number of rotatable bonds is 7. The van der Waals surface area contributed by atoms with Gasteiger partial charge in [0.25, 0.3) is 0 Å². The Kier molecular flexibility index (Phi) is 7.77. The number of hydrogen-bond donors (Lipinski definition) is 2. The third-order valence-electron chi connectivity index (χ3n) is 3.55. The van der Waals surface area contributed by atoms with E-state index in [2.05, 4.69) is 10.6 Å². The van der Waals surface area contributed by atoms with Crippen LogP contribution in [0.2, 0.25) is 5.02 Å². The number of amides is 2. The fourth-order valence-electron chi connectivity index (χ4n) is 2.28. The van der Waals surface area contributed by atoms with Crippen LogP contribution in [0.15, 0.2) is 47.4 Å². The van der Waals surface area contributed by atoms with Gasteiger partial charge in [0.15, 0.2) is 0 Å². The van der Waals surface area contributed by atoms with E-state index in [9.17, 15) is 22.8 Å². The van der Waals surface area contributed by atoms with Crippen molar-refractivity contribution in [2.24, 2.45) is 0 Å². The lowest BCUT2D eigenvalue weighted by atomic mass is 10.1. The third kappa shape index (κ3) is 6.76. The molecule has 9 heteroatoms. The zero-order valence-corrected chi connectivity index (χ0v) is 16.5. The molecule has 2 aromatic rings. The lowest BCUT2D eigenvalue weighted by Crippen LogP contribution is -2.18. The molecule has 0 aliphatic carbocycles. The van der Waals surface area contributed by atoms with Crippen molar-refractivity contribution in [1.82, 2.24) is 0 Å². The molecule has 4 nitrogen and oxygen atoms in total. The molecule has 0 bridgehead atoms. The summed E-state index contributed by atoms with van der Waals surface area (Å²) in [5.74, 6) is -0.717. The molecular formula is C19H18ClF3N2O2S. The summed E-state index contributed by atoms with van der Waals surface area (Å²) in [6.45, 7) is 1.91. The predicted molar refractivity (Wildman–Crippen MR) is 106 cm³/mol. The molecule has 0 aliphatic heterocycles. The van der Waals surface area contributed by atoms with Gasteiger partial charge in [0.05, 0.1) is 17.0 Å². The number of benzene rings is 2. The molecule has 0 spiro atoms. The summed E-state index contributed by atoms with van der Waals surface area (Å²) in [5, 5.41) is 4.95. The minimum atomic E-state index is -4.63. The van der Waals surface area contributed by atoms with Crippen LogP contribution in [0.5, 0.6) is 0 Å². The van der Waals surface area contributed by atoms with E-state index in [0.717, 1.165) is 23.4 Å². The molecule has 150 valence electrons. The molecule has 0 unspecified atom stereocenters. The Morgan fingerprint density at radius 1 is 1.04 bits per heavy atom. The maximum Gasteiger partial charge on any atom is 0.418 e. The number of alkyl halides is 3. The quantitative estimate of drug-likeness (QED) is 0.543. The highest BCUT2D eigenvalue weighted by Crippen LogP contribution is 2.36. The molecule has 0 heterocycles. The van der Waals surface area contributed by atoms with Gasteiger partial charge in [0.2, 0.25) is 11.8 Å². The number of nitrogens with one attached hydrogen (secondary N) is 2. The second-order valence-corrected chi connectivity index (χ2v) is 7.33. The summed E-state index contributed by atoms with van der Waals surface area (Å²) in [6.07, 6.45) is -3.45. The second kappa shape index (κ2) is 9.84. The number of hydrogen-bond acceptors (Lipinski definition) is 3. The first-order valence-electron chi connectivity index (χ1n) is 8.38. The van der Waals surface area contributed by atoms with Gasteiger partial charge in [0.1, 0.15) is 0 Å². The Morgan fingerprint density at radius 2 is 1.71 bits per heavy atom. The van der Waals surface area contributed by atoms with Crippen LogP contribution in [-0.2, 0) is 15.8 Å². The Balaban J connectivity index is 1.94. The summed E-state index contributed by atoms with van der Waals surface area (Å²) < 4.78 is 39.2. The highest BCUT2D eigenvalue weighted by atomic mass is 35.5. The summed E-state index contributed by atoms with van der Waals surface area (Å²) in [7, 11) is 0. The normalized spacial score (nSPS) is 11.2. The zero-order chi connectivity index (χ0) is 20.7. The van der Waals surface area contributed by atoms with Gasteiger partial charge in [-0.2, -0.15) is 13.2 Å². The third-order valence-corrected chi connectivity index (χ3v) is 4.79. The average Bonchev–Trinajstić information content (AvgIpc) is 2.62. The van der Waals surface area contributed by atoms with Gasteiger partial charge in [-0.3, -0.25) is 9.59 Å². The molecule has 0 radical (unpaired) electrons. The molecule has 0 atom stereocenters. The van der Waals surface area contributed by atoms with Crippen LogP contribution in [0.25, 0.3) is 0 Å². The van der Waals surface area contributed by atoms with Crippen LogP contribution < -0.4 is 10.6 Å². The lowest BCUT2D eigenvalue weighted by Gasteiger charge is -2.14. The van der Waals surface area contributed by atoms with Crippen molar-refractivity contribution in [3.8, 4) is 0 Å². The van der Waals surface area contributed by atoms with E-state index in [-0.39, 0.29) is 22.4 Å². The van der Waals surface area contributed by atoms with Gasteiger partial charge in [-0.25, -0.2) is 0 Å². The van der Waals surface area contributed by atoms with Gasteiger partial charge in [-0.05, 0) is 48.9 Å². The minimum Gasteiger partial charge on any atom is -0.326 e. The van der Waals surface area contributed by atoms with Crippen molar-refractivity contribution in [2.45, 2.75) is 30.8 Å². The molecule has 28 heavy (non-hydrogen) atoms. The second-order valence-electron chi connectivity index (χ2n) is 5.85. The van der Waals surface area contributed by atoms with Crippen molar-refractivity contribution >= 4 is 46.6 Å². The van der Waals surface area contributed by atoms with Crippen LogP contribution >= 0.6 is 23.4 Å². The maximum atomic E-state index is 13.1. The van der Waals surface area contributed by atoms with E-state index in [1.54, 1.807) is 24.3 Å². The largest absolute Gasteiger partial charge is 0.418 e. The number of anilines is 2. The van der Waals surface area contributed by atoms with Crippen molar-refractivity contribution in [1.29, 1.82) is 0 Å². The van der Waals surface area contributed by atoms with Gasteiger partial charge >= 0.3 is 6.18 Å². The van der Waals surface area contributed by atoms with E-state index in [1.165, 1.54) is 17.8 Å². The summed E-state index contributed by atoms with van der Waals surface area (Å²) in [6, 6.07) is 10.0. The fourth-order valence-corrected chi connectivity index (χ4v) is 3.15. The van der Waals surface area contributed by atoms with Gasteiger partial charge in [-0.1, -0.05) is 18.5 Å². The molecule has 2 amide bonds. The summed E-state index contributed by atoms with van der Waals surface area (Å²) in [4.78, 5) is 24.3. The molecule has 0 fully saturated rings. The molecule has 2 aromatic carbocycles. The molecule has 0 aliphatic rings. The van der Waals surface area contributed by atoms with Crippen molar-refractivity contribution in [3.05, 3.63) is 53.1 Å². The van der Waals surface area contributed by atoms with Crippen molar-refractivity contribution in [3.63, 3.8) is 0 Å². The SMILES string of the molecule is CCCC(=O)Nc1ccc(SCC(=O)Nc2ccc(Cl)cc2C(F)(F)F)cc1. The smallest absolute Gasteiger partial charge is 0.326 e. The molecule has 0 saturated heterocycles. The topological polar surface area (TPSA) is 58.2 Å². The minimum absolute atomic E-state index is 0.0641. The Bertz CT molecular complexity index is 842. The van der Waals surface area contributed by atoms with E-state index >= 15 is 0 Å². The number of carbonyl (C=O) groups is 2. The maximum absolute atomic E-state index is 13.1. The molecule has 2 N–H and O–H groups in total. The van der Waals surface area contributed by atoms with Crippen LogP contribution in [0, 0.1) is 0 Å². The summed E-state index contributed by atoms with van der Waals surface area (Å²) >= 11 is 6.79. The molecule has 0 saturated carbocycles. The highest BCUT2D eigenvalue weighted by Gasteiger charge is 2.34. The van der Waals surface area contributed by atoms with Crippen LogP contribution in [0.4, 0.5) is 24.5 Å². The van der Waals surface area contributed by atoms with Crippen LogP contribution in [0.3, 0.4) is 0 Å². The van der Waals surface area contributed by atoms with Gasteiger partial charge < -0.3 is 10.6 Å². The molecule has 2 rings (SSSR count). The van der Waals surface area contributed by atoms with Crippen LogP contribution in [-0.4, -0.2) is 17.6 Å². The van der Waals surface area contributed by atoms with Crippen molar-refractivity contribution in [2.75, 3.05) is 16.4 Å². The zero-order valence-electron chi connectivity index (χ0n) is 14.9. The van der Waals surface area contributed by atoms with E-state index in [1.807, 2.05) is 6.92 Å². The number of halogens is 4. The molecular weight excluding hydrogens is 413 g/mol. The van der Waals surface area contributed by atoms with E-state index in [0.29, 0.717) is 12.1 Å². The fraction of sp³-hybridized carbons (Fsp3) is 0.263. The first-order chi connectivity index (χ1) is 13.2. The van der Waals surface area contributed by atoms with Crippen molar-refractivity contribution < 1.29 is 22.8 Å². The Morgan fingerprint density at radius 3 is 2.32 bits per heavy atom. The Hall–Kier alpha value is -2.19. The van der Waals surface area contributed by atoms with Gasteiger partial charge in [-0.15, -0.1) is 11.8 Å². The predicted octanol–water partition coefficient (Wildman–Crippen LogP) is 5.83. The average molecular weight is 431 g/mol. The lowest BCUT2D eigenvalue weighted by molar-refractivity contribution is -0.137. The standard InChI is InChI=1S/C19H18ClF3N2O2S/c1-2-3-17(26)24-13-5-7-14(8-6-13)28-11-18(27)25-16-9-4-12(20)10-15(16)19(21,22)23/h4-10H,2-3,11H2,1H3,(H,24,26)(H,25,27). The first kappa shape index (κ1) is 22.1. The Labute approximate surface area is 169 Å².